The van der Waals surface area contributed by atoms with E-state index in [0.29, 0.717) is 18.2 Å². The number of aromatic nitrogens is 1. The van der Waals surface area contributed by atoms with Crippen molar-refractivity contribution in [2.75, 3.05) is 31.6 Å². The maximum absolute atomic E-state index is 12.5. The average molecular weight is 392 g/mol. The van der Waals surface area contributed by atoms with Gasteiger partial charge in [-0.3, -0.25) is 4.98 Å². The first kappa shape index (κ1) is 17.2. The summed E-state index contributed by atoms with van der Waals surface area (Å²) in [4.78, 5) is 19.1. The monoisotopic (exact) mass is 391 g/mol. The molecule has 6 heteroatoms. The molecular formula is C18H22BrN3O2. The molecule has 128 valence electrons. The summed E-state index contributed by atoms with van der Waals surface area (Å²) in [6.45, 7) is 4.16. The van der Waals surface area contributed by atoms with Gasteiger partial charge in [-0.1, -0.05) is 15.9 Å². The van der Waals surface area contributed by atoms with Gasteiger partial charge in [0.2, 0.25) is 0 Å². The first-order valence-corrected chi connectivity index (χ1v) is 9.10. The summed E-state index contributed by atoms with van der Waals surface area (Å²) in [5.41, 5.74) is 2.32. The Kier molecular flexibility index (Phi) is 5.36. The number of halogens is 1. The van der Waals surface area contributed by atoms with Crippen LogP contribution >= 0.6 is 15.9 Å². The van der Waals surface area contributed by atoms with Crippen LogP contribution in [0.25, 0.3) is 10.9 Å². The molecule has 1 aliphatic rings. The zero-order chi connectivity index (χ0) is 17.1. The van der Waals surface area contributed by atoms with Crippen LogP contribution in [0, 0.1) is 0 Å². The average Bonchev–Trinajstić information content (AvgIpc) is 2.61. The van der Waals surface area contributed by atoms with E-state index in [4.69, 9.17) is 4.74 Å². The van der Waals surface area contributed by atoms with E-state index in [1.807, 2.05) is 25.1 Å². The van der Waals surface area contributed by atoms with E-state index in [1.165, 1.54) is 0 Å². The van der Waals surface area contributed by atoms with E-state index in [2.05, 4.69) is 38.2 Å². The highest BCUT2D eigenvalue weighted by molar-refractivity contribution is 9.10. The van der Waals surface area contributed by atoms with Crippen LogP contribution in [0.5, 0.6) is 0 Å². The molecule has 0 bridgehead atoms. The minimum atomic E-state index is -0.317. The third-order valence-electron chi connectivity index (χ3n) is 4.51. The molecule has 2 heterocycles. The second-order valence-electron chi connectivity index (χ2n) is 5.99. The fourth-order valence-corrected chi connectivity index (χ4v) is 3.63. The normalized spacial score (nSPS) is 15.5. The number of piperidine rings is 1. The summed E-state index contributed by atoms with van der Waals surface area (Å²) in [6.07, 6.45) is 3.74. The van der Waals surface area contributed by atoms with Gasteiger partial charge in [-0.25, -0.2) is 4.79 Å². The largest absolute Gasteiger partial charge is 0.462 e. The molecule has 0 saturated carbocycles. The SMILES string of the molecule is CCOC(=O)c1cnc2ccc(Br)cc2c1N(C)C1CCNCC1. The fourth-order valence-electron chi connectivity index (χ4n) is 3.27. The van der Waals surface area contributed by atoms with Crippen LogP contribution in [0.4, 0.5) is 5.69 Å². The summed E-state index contributed by atoms with van der Waals surface area (Å²) in [5.74, 6) is -0.317. The maximum Gasteiger partial charge on any atom is 0.341 e. The smallest absolute Gasteiger partial charge is 0.341 e. The third-order valence-corrected chi connectivity index (χ3v) is 5.00. The number of ether oxygens (including phenoxy) is 1. The summed E-state index contributed by atoms with van der Waals surface area (Å²) in [7, 11) is 2.06. The number of pyridine rings is 1. The summed E-state index contributed by atoms with van der Waals surface area (Å²) >= 11 is 3.53. The molecule has 0 unspecified atom stereocenters. The molecule has 5 nitrogen and oxygen atoms in total. The van der Waals surface area contributed by atoms with Crippen LogP contribution in [0.15, 0.2) is 28.9 Å². The van der Waals surface area contributed by atoms with Gasteiger partial charge in [-0.05, 0) is 51.1 Å². The number of rotatable bonds is 4. The number of fused-ring (bicyclic) bond motifs is 1. The van der Waals surface area contributed by atoms with Gasteiger partial charge in [0.25, 0.3) is 0 Å². The molecule has 0 atom stereocenters. The van der Waals surface area contributed by atoms with Crippen LogP contribution in [0.3, 0.4) is 0 Å². The number of carbonyl (C=O) groups excluding carboxylic acids is 1. The maximum atomic E-state index is 12.5. The molecule has 3 rings (SSSR count). The van der Waals surface area contributed by atoms with Crippen molar-refractivity contribution in [2.45, 2.75) is 25.8 Å². The van der Waals surface area contributed by atoms with E-state index < -0.39 is 0 Å². The number of hydrogen-bond donors (Lipinski definition) is 1. The van der Waals surface area contributed by atoms with Crippen molar-refractivity contribution in [1.82, 2.24) is 10.3 Å². The van der Waals surface area contributed by atoms with Gasteiger partial charge in [0.15, 0.2) is 0 Å². The fraction of sp³-hybridized carbons (Fsp3) is 0.444. The van der Waals surface area contributed by atoms with Gasteiger partial charge < -0.3 is 15.0 Å². The number of carbonyl (C=O) groups is 1. The van der Waals surface area contributed by atoms with Crippen molar-refractivity contribution >= 4 is 38.5 Å². The second-order valence-corrected chi connectivity index (χ2v) is 6.91. The van der Waals surface area contributed by atoms with E-state index in [-0.39, 0.29) is 5.97 Å². The summed E-state index contributed by atoms with van der Waals surface area (Å²) < 4.78 is 6.23. The Balaban J connectivity index is 2.14. The van der Waals surface area contributed by atoms with Gasteiger partial charge in [-0.15, -0.1) is 0 Å². The number of nitrogens with zero attached hydrogens (tertiary/aromatic N) is 2. The van der Waals surface area contributed by atoms with Crippen molar-refractivity contribution in [3.63, 3.8) is 0 Å². The lowest BCUT2D eigenvalue weighted by Crippen LogP contribution is -2.41. The lowest BCUT2D eigenvalue weighted by molar-refractivity contribution is 0.0526. The Bertz CT molecular complexity index is 744. The molecular weight excluding hydrogens is 370 g/mol. The predicted octanol–water partition coefficient (Wildman–Crippen LogP) is 3.36. The highest BCUT2D eigenvalue weighted by Crippen LogP contribution is 2.33. The molecule has 0 amide bonds. The Hall–Kier alpha value is -1.66. The lowest BCUT2D eigenvalue weighted by Gasteiger charge is -2.34. The molecule has 0 radical (unpaired) electrons. The summed E-state index contributed by atoms with van der Waals surface area (Å²) in [5, 5.41) is 4.36. The van der Waals surface area contributed by atoms with Crippen molar-refractivity contribution in [2.24, 2.45) is 0 Å². The molecule has 1 aliphatic heterocycles. The van der Waals surface area contributed by atoms with Crippen LogP contribution < -0.4 is 10.2 Å². The van der Waals surface area contributed by atoms with Gasteiger partial charge in [0.05, 0.1) is 17.8 Å². The van der Waals surface area contributed by atoms with Crippen LogP contribution in [0.1, 0.15) is 30.1 Å². The van der Waals surface area contributed by atoms with E-state index >= 15 is 0 Å². The minimum Gasteiger partial charge on any atom is -0.462 e. The Morgan fingerprint density at radius 2 is 2.17 bits per heavy atom. The van der Waals surface area contributed by atoms with E-state index in [1.54, 1.807) is 6.20 Å². The van der Waals surface area contributed by atoms with Gasteiger partial charge in [0, 0.05) is 29.1 Å². The quantitative estimate of drug-likeness (QED) is 0.809. The molecule has 1 aromatic heterocycles. The van der Waals surface area contributed by atoms with Crippen LogP contribution in [-0.2, 0) is 4.74 Å². The lowest BCUT2D eigenvalue weighted by atomic mass is 10.0. The first-order chi connectivity index (χ1) is 11.6. The molecule has 2 aromatic rings. The Labute approximate surface area is 150 Å². The molecule has 1 N–H and O–H groups in total. The number of benzene rings is 1. The number of hydrogen-bond acceptors (Lipinski definition) is 5. The summed E-state index contributed by atoms with van der Waals surface area (Å²) in [6, 6.07) is 6.35. The van der Waals surface area contributed by atoms with Crippen molar-refractivity contribution in [1.29, 1.82) is 0 Å². The van der Waals surface area contributed by atoms with Crippen molar-refractivity contribution in [3.8, 4) is 0 Å². The molecule has 24 heavy (non-hydrogen) atoms. The molecule has 0 spiro atoms. The molecule has 0 aliphatic carbocycles. The Morgan fingerprint density at radius 1 is 1.42 bits per heavy atom. The van der Waals surface area contributed by atoms with Crippen LogP contribution in [0.2, 0.25) is 0 Å². The standard InChI is InChI=1S/C18H22BrN3O2/c1-3-24-18(23)15-11-21-16-5-4-12(19)10-14(16)17(15)22(2)13-6-8-20-9-7-13/h4-5,10-11,13,20H,3,6-9H2,1-2H3. The first-order valence-electron chi connectivity index (χ1n) is 8.30. The third kappa shape index (κ3) is 3.39. The van der Waals surface area contributed by atoms with Gasteiger partial charge in [-0.2, -0.15) is 0 Å². The zero-order valence-corrected chi connectivity index (χ0v) is 15.6. The zero-order valence-electron chi connectivity index (χ0n) is 14.0. The van der Waals surface area contributed by atoms with Crippen molar-refractivity contribution in [3.05, 3.63) is 34.4 Å². The molecule has 1 saturated heterocycles. The van der Waals surface area contributed by atoms with Gasteiger partial charge in [0.1, 0.15) is 5.56 Å². The highest BCUT2D eigenvalue weighted by atomic mass is 79.9. The Morgan fingerprint density at radius 3 is 2.88 bits per heavy atom. The van der Waals surface area contributed by atoms with E-state index in [0.717, 1.165) is 47.0 Å². The van der Waals surface area contributed by atoms with Crippen LogP contribution in [-0.4, -0.2) is 43.7 Å². The van der Waals surface area contributed by atoms with E-state index in [9.17, 15) is 4.79 Å². The topological polar surface area (TPSA) is 54.5 Å². The second kappa shape index (κ2) is 7.49. The minimum absolute atomic E-state index is 0.317. The molecule has 1 aromatic carbocycles. The van der Waals surface area contributed by atoms with Gasteiger partial charge >= 0.3 is 5.97 Å². The number of esters is 1. The number of nitrogens with one attached hydrogen (secondary N) is 1. The predicted molar refractivity (Wildman–Crippen MR) is 99.7 cm³/mol. The number of anilines is 1. The van der Waals surface area contributed by atoms with Crippen molar-refractivity contribution < 1.29 is 9.53 Å². The highest BCUT2D eigenvalue weighted by Gasteiger charge is 2.25. The molecule has 1 fully saturated rings.